The van der Waals surface area contributed by atoms with E-state index in [2.05, 4.69) is 43.5 Å². The first kappa shape index (κ1) is 18.3. The summed E-state index contributed by atoms with van der Waals surface area (Å²) in [6.07, 6.45) is 0.580. The largest absolute Gasteiger partial charge is 0.352 e. The molecule has 0 aromatic heterocycles. The lowest BCUT2D eigenvalue weighted by atomic mass is 10.00. The van der Waals surface area contributed by atoms with Crippen LogP contribution in [-0.4, -0.2) is 30.0 Å². The Morgan fingerprint density at radius 1 is 1.33 bits per heavy atom. The molecule has 1 aliphatic rings. The molecule has 1 atom stereocenters. The molecule has 1 saturated heterocycles. The van der Waals surface area contributed by atoms with Crippen molar-refractivity contribution in [2.45, 2.75) is 39.8 Å². The normalized spacial score (nSPS) is 18.0. The highest BCUT2D eigenvalue weighted by atomic mass is 35.5. The summed E-state index contributed by atoms with van der Waals surface area (Å²) >= 11 is 1.92. The topological polar surface area (TPSA) is 41.1 Å². The van der Waals surface area contributed by atoms with Gasteiger partial charge < -0.3 is 10.6 Å². The minimum Gasteiger partial charge on any atom is -0.352 e. The molecule has 3 nitrogen and oxygen atoms in total. The summed E-state index contributed by atoms with van der Waals surface area (Å²) in [5.74, 6) is 2.33. The van der Waals surface area contributed by atoms with Gasteiger partial charge in [0, 0.05) is 37.1 Å². The van der Waals surface area contributed by atoms with Crippen LogP contribution >= 0.6 is 24.2 Å². The number of hydrogen-bond donors (Lipinski definition) is 2. The van der Waals surface area contributed by atoms with Gasteiger partial charge in [0.15, 0.2) is 0 Å². The zero-order chi connectivity index (χ0) is 14.5. The van der Waals surface area contributed by atoms with Gasteiger partial charge in [0.1, 0.15) is 0 Å². The second-order valence-corrected chi connectivity index (χ2v) is 6.73. The lowest BCUT2D eigenvalue weighted by Crippen LogP contribution is -2.41. The zero-order valence-electron chi connectivity index (χ0n) is 13.0. The molecule has 1 amide bonds. The number of halogens is 1. The molecule has 21 heavy (non-hydrogen) atoms. The highest BCUT2D eigenvalue weighted by Gasteiger charge is 2.16. The Bertz CT molecular complexity index is 464. The van der Waals surface area contributed by atoms with Gasteiger partial charge in [-0.05, 0) is 37.5 Å². The maximum absolute atomic E-state index is 12.0. The van der Waals surface area contributed by atoms with E-state index in [9.17, 15) is 4.79 Å². The summed E-state index contributed by atoms with van der Waals surface area (Å²) in [6.45, 7) is 7.98. The zero-order valence-corrected chi connectivity index (χ0v) is 14.6. The molecule has 5 heteroatoms. The Balaban J connectivity index is 0.00000220. The Kier molecular flexibility index (Phi) is 7.57. The molecule has 0 aliphatic carbocycles. The van der Waals surface area contributed by atoms with Crippen molar-refractivity contribution in [2.24, 2.45) is 0 Å². The quantitative estimate of drug-likeness (QED) is 0.893. The Labute approximate surface area is 138 Å². The smallest absolute Gasteiger partial charge is 0.221 e. The first-order valence-electron chi connectivity index (χ1n) is 7.21. The van der Waals surface area contributed by atoms with Gasteiger partial charge in [0.25, 0.3) is 0 Å². The Hall–Kier alpha value is -0.710. The van der Waals surface area contributed by atoms with Crippen LogP contribution in [0.3, 0.4) is 0 Å². The molecule has 118 valence electrons. The molecular formula is C16H25ClN2OS. The minimum absolute atomic E-state index is 0. The third-order valence-corrected chi connectivity index (χ3v) is 4.86. The van der Waals surface area contributed by atoms with Gasteiger partial charge >= 0.3 is 0 Å². The predicted octanol–water partition coefficient (Wildman–Crippen LogP) is 2.74. The van der Waals surface area contributed by atoms with E-state index in [1.807, 2.05) is 11.8 Å². The predicted molar refractivity (Wildman–Crippen MR) is 93.5 cm³/mol. The summed E-state index contributed by atoms with van der Waals surface area (Å²) < 4.78 is 0. The van der Waals surface area contributed by atoms with Gasteiger partial charge in [-0.2, -0.15) is 11.8 Å². The van der Waals surface area contributed by atoms with Crippen molar-refractivity contribution in [3.05, 3.63) is 34.4 Å². The number of rotatable bonds is 4. The maximum Gasteiger partial charge on any atom is 0.221 e. The van der Waals surface area contributed by atoms with Crippen LogP contribution in [0.5, 0.6) is 0 Å². The van der Waals surface area contributed by atoms with Crippen LogP contribution in [0.1, 0.15) is 28.7 Å². The van der Waals surface area contributed by atoms with Gasteiger partial charge in [-0.3, -0.25) is 4.79 Å². The van der Waals surface area contributed by atoms with Crippen molar-refractivity contribution in [3.8, 4) is 0 Å². The highest BCUT2D eigenvalue weighted by Crippen LogP contribution is 2.16. The van der Waals surface area contributed by atoms with Gasteiger partial charge in [-0.25, -0.2) is 0 Å². The van der Waals surface area contributed by atoms with E-state index in [-0.39, 0.29) is 18.3 Å². The van der Waals surface area contributed by atoms with Gasteiger partial charge in [0.05, 0.1) is 0 Å². The van der Waals surface area contributed by atoms with Gasteiger partial charge in [-0.1, -0.05) is 17.7 Å². The van der Waals surface area contributed by atoms with Crippen LogP contribution in [0.2, 0.25) is 0 Å². The molecule has 0 bridgehead atoms. The molecule has 1 aromatic rings. The van der Waals surface area contributed by atoms with Crippen LogP contribution in [0.15, 0.2) is 12.1 Å². The first-order chi connectivity index (χ1) is 9.56. The summed E-state index contributed by atoms with van der Waals surface area (Å²) in [5.41, 5.74) is 5.04. The molecular weight excluding hydrogens is 304 g/mol. The lowest BCUT2D eigenvalue weighted by Gasteiger charge is -2.22. The number of hydrogen-bond acceptors (Lipinski definition) is 3. The van der Waals surface area contributed by atoms with E-state index >= 15 is 0 Å². The standard InChI is InChI=1S/C16H24N2OS.ClH/c1-11-6-12(2)15(13(3)7-11)9-18-16(19)8-14-10-20-5-4-17-14;/h6-7,14,17H,4-5,8-10H2,1-3H3,(H,18,19);1H. The first-order valence-corrected chi connectivity index (χ1v) is 8.36. The average molecular weight is 329 g/mol. The SMILES string of the molecule is Cc1cc(C)c(CNC(=O)CC2CSCCN2)c(C)c1.Cl. The number of carbonyl (C=O) groups is 1. The summed E-state index contributed by atoms with van der Waals surface area (Å²) in [4.78, 5) is 12.0. The van der Waals surface area contributed by atoms with Crippen molar-refractivity contribution >= 4 is 30.1 Å². The number of aryl methyl sites for hydroxylation is 3. The van der Waals surface area contributed by atoms with Crippen molar-refractivity contribution < 1.29 is 4.79 Å². The molecule has 2 rings (SSSR count). The van der Waals surface area contributed by atoms with Crippen molar-refractivity contribution in [1.82, 2.24) is 10.6 Å². The van der Waals surface area contributed by atoms with Gasteiger partial charge in [-0.15, -0.1) is 12.4 Å². The molecule has 2 N–H and O–H groups in total. The van der Waals surface area contributed by atoms with Crippen molar-refractivity contribution in [2.75, 3.05) is 18.1 Å². The van der Waals surface area contributed by atoms with Gasteiger partial charge in [0.2, 0.25) is 5.91 Å². The monoisotopic (exact) mass is 328 g/mol. The molecule has 0 spiro atoms. The Morgan fingerprint density at radius 3 is 2.57 bits per heavy atom. The van der Waals surface area contributed by atoms with E-state index in [4.69, 9.17) is 0 Å². The summed E-state index contributed by atoms with van der Waals surface area (Å²) in [6, 6.07) is 4.68. The van der Waals surface area contributed by atoms with E-state index in [1.165, 1.54) is 22.3 Å². The summed E-state index contributed by atoms with van der Waals surface area (Å²) in [7, 11) is 0. The molecule has 1 unspecified atom stereocenters. The van der Waals surface area contributed by atoms with Crippen LogP contribution in [-0.2, 0) is 11.3 Å². The molecule has 1 aromatic carbocycles. The highest BCUT2D eigenvalue weighted by molar-refractivity contribution is 7.99. The van der Waals surface area contributed by atoms with E-state index in [0.717, 1.165) is 18.1 Å². The number of carbonyl (C=O) groups excluding carboxylic acids is 1. The van der Waals surface area contributed by atoms with Crippen LogP contribution in [0.25, 0.3) is 0 Å². The van der Waals surface area contributed by atoms with E-state index < -0.39 is 0 Å². The van der Waals surface area contributed by atoms with E-state index in [0.29, 0.717) is 19.0 Å². The molecule has 1 fully saturated rings. The fourth-order valence-electron chi connectivity index (χ4n) is 2.72. The second-order valence-electron chi connectivity index (χ2n) is 5.58. The second kappa shape index (κ2) is 8.66. The maximum atomic E-state index is 12.0. The molecule has 0 saturated carbocycles. The van der Waals surface area contributed by atoms with E-state index in [1.54, 1.807) is 0 Å². The van der Waals surface area contributed by atoms with Crippen LogP contribution in [0, 0.1) is 20.8 Å². The van der Waals surface area contributed by atoms with Crippen LogP contribution in [0.4, 0.5) is 0 Å². The average Bonchev–Trinajstić information content (AvgIpc) is 2.38. The number of amides is 1. The summed E-state index contributed by atoms with van der Waals surface area (Å²) in [5, 5.41) is 6.46. The number of benzene rings is 1. The number of thioether (sulfide) groups is 1. The van der Waals surface area contributed by atoms with Crippen LogP contribution < -0.4 is 10.6 Å². The number of nitrogens with one attached hydrogen (secondary N) is 2. The molecule has 1 aliphatic heterocycles. The van der Waals surface area contributed by atoms with Crippen molar-refractivity contribution in [1.29, 1.82) is 0 Å². The Morgan fingerprint density at radius 2 is 2.00 bits per heavy atom. The minimum atomic E-state index is 0. The lowest BCUT2D eigenvalue weighted by molar-refractivity contribution is -0.121. The molecule has 1 heterocycles. The third-order valence-electron chi connectivity index (χ3n) is 3.73. The fraction of sp³-hybridized carbons (Fsp3) is 0.562. The third kappa shape index (κ3) is 5.53. The fourth-order valence-corrected chi connectivity index (χ4v) is 3.67. The van der Waals surface area contributed by atoms with Crippen molar-refractivity contribution in [3.63, 3.8) is 0 Å². The molecule has 0 radical (unpaired) electrons.